The molecule has 0 radical (unpaired) electrons. The number of hydrogen-bond donors (Lipinski definition) is 3. The topological polar surface area (TPSA) is 97.4 Å². The Balaban J connectivity index is 1.43. The number of amides is 2. The summed E-state index contributed by atoms with van der Waals surface area (Å²) in [6, 6.07) is 5.31. The van der Waals surface area contributed by atoms with Crippen LogP contribution in [-0.2, 0) is 0 Å². The van der Waals surface area contributed by atoms with Crippen molar-refractivity contribution in [2.24, 2.45) is 0 Å². The summed E-state index contributed by atoms with van der Waals surface area (Å²) in [7, 11) is 0. The summed E-state index contributed by atoms with van der Waals surface area (Å²) in [6.07, 6.45) is 4.84. The van der Waals surface area contributed by atoms with Gasteiger partial charge in [-0.1, -0.05) is 6.07 Å². The number of ether oxygens (including phenoxy) is 2. The third-order valence-corrected chi connectivity index (χ3v) is 3.69. The van der Waals surface area contributed by atoms with E-state index >= 15 is 0 Å². The van der Waals surface area contributed by atoms with Gasteiger partial charge < -0.3 is 25.4 Å². The molecule has 1 aromatic carbocycles. The van der Waals surface area contributed by atoms with Gasteiger partial charge in [0.25, 0.3) is 0 Å². The molecule has 1 atom stereocenters. The van der Waals surface area contributed by atoms with Crippen molar-refractivity contribution in [2.45, 2.75) is 13.0 Å². The molecule has 0 fully saturated rings. The molecule has 132 valence electrons. The molecule has 8 heteroatoms. The molecule has 0 saturated carbocycles. The molecular formula is C17H21N5O3. The van der Waals surface area contributed by atoms with Crippen LogP contribution in [0.4, 0.5) is 10.6 Å². The van der Waals surface area contributed by atoms with E-state index in [1.165, 1.54) is 0 Å². The van der Waals surface area contributed by atoms with Crippen LogP contribution in [0, 0.1) is 0 Å². The summed E-state index contributed by atoms with van der Waals surface area (Å²) in [5.74, 6) is 2.13. The minimum atomic E-state index is -0.233. The van der Waals surface area contributed by atoms with Crippen LogP contribution in [0.15, 0.2) is 36.8 Å². The molecule has 0 saturated heterocycles. The number of urea groups is 1. The minimum Gasteiger partial charge on any atom is -0.486 e. The molecule has 0 aliphatic carbocycles. The largest absolute Gasteiger partial charge is 0.486 e. The number of aromatic nitrogens is 2. The molecule has 0 bridgehead atoms. The summed E-state index contributed by atoms with van der Waals surface area (Å²) in [5.41, 5.74) is 0.956. The Labute approximate surface area is 146 Å². The molecule has 3 N–H and O–H groups in total. The lowest BCUT2D eigenvalue weighted by Gasteiger charge is -2.21. The van der Waals surface area contributed by atoms with Gasteiger partial charge in [0.05, 0.1) is 12.2 Å². The monoisotopic (exact) mass is 343 g/mol. The zero-order valence-corrected chi connectivity index (χ0v) is 14.0. The second-order valence-electron chi connectivity index (χ2n) is 5.54. The Kier molecular flexibility index (Phi) is 5.50. The summed E-state index contributed by atoms with van der Waals surface area (Å²) in [4.78, 5) is 20.0. The van der Waals surface area contributed by atoms with Crippen molar-refractivity contribution in [3.63, 3.8) is 0 Å². The van der Waals surface area contributed by atoms with Gasteiger partial charge in [0.1, 0.15) is 19.0 Å². The van der Waals surface area contributed by atoms with E-state index in [-0.39, 0.29) is 12.1 Å². The van der Waals surface area contributed by atoms with Gasteiger partial charge in [-0.05, 0) is 24.6 Å². The summed E-state index contributed by atoms with van der Waals surface area (Å²) in [6.45, 7) is 4.05. The third kappa shape index (κ3) is 4.72. The van der Waals surface area contributed by atoms with Crippen LogP contribution in [-0.4, -0.2) is 42.3 Å². The van der Waals surface area contributed by atoms with Gasteiger partial charge in [0, 0.05) is 25.5 Å². The van der Waals surface area contributed by atoms with E-state index < -0.39 is 0 Å². The summed E-state index contributed by atoms with van der Waals surface area (Å²) >= 11 is 0. The maximum Gasteiger partial charge on any atom is 0.315 e. The maximum atomic E-state index is 12.0. The summed E-state index contributed by atoms with van der Waals surface area (Å²) < 4.78 is 11.1. The lowest BCUT2D eigenvalue weighted by molar-refractivity contribution is 0.171. The van der Waals surface area contributed by atoms with Crippen molar-refractivity contribution in [3.05, 3.63) is 42.4 Å². The first kappa shape index (κ1) is 16.8. The van der Waals surface area contributed by atoms with E-state index in [0.29, 0.717) is 37.9 Å². The molecule has 1 aliphatic heterocycles. The van der Waals surface area contributed by atoms with Crippen molar-refractivity contribution in [3.8, 4) is 11.5 Å². The molecule has 3 rings (SSSR count). The predicted molar refractivity (Wildman–Crippen MR) is 92.9 cm³/mol. The normalized spacial score (nSPS) is 13.6. The van der Waals surface area contributed by atoms with Gasteiger partial charge in [0.15, 0.2) is 11.5 Å². The number of fused-ring (bicyclic) bond motifs is 1. The summed E-state index contributed by atoms with van der Waals surface area (Å²) in [5, 5.41) is 8.77. The number of nitrogens with zero attached hydrogens (tertiary/aromatic N) is 2. The van der Waals surface area contributed by atoms with E-state index in [2.05, 4.69) is 25.9 Å². The predicted octanol–water partition coefficient (Wildman–Crippen LogP) is 1.72. The Morgan fingerprint density at radius 3 is 2.84 bits per heavy atom. The van der Waals surface area contributed by atoms with Crippen molar-refractivity contribution in [2.75, 3.05) is 31.6 Å². The lowest BCUT2D eigenvalue weighted by atomic mass is 10.1. The van der Waals surface area contributed by atoms with Crippen LogP contribution in [0.2, 0.25) is 0 Å². The SMILES string of the molecule is C[C@H](NC(=O)NCCNc1cnccn1)c1ccc2c(c1)OCCO2. The number of carbonyl (C=O) groups is 1. The Bertz CT molecular complexity index is 711. The molecular weight excluding hydrogens is 322 g/mol. The zero-order chi connectivity index (χ0) is 17.5. The van der Waals surface area contributed by atoms with Gasteiger partial charge in [-0.25, -0.2) is 9.78 Å². The van der Waals surface area contributed by atoms with E-state index in [0.717, 1.165) is 11.3 Å². The first-order valence-corrected chi connectivity index (χ1v) is 8.16. The number of benzene rings is 1. The van der Waals surface area contributed by atoms with Crippen LogP contribution in [0.3, 0.4) is 0 Å². The van der Waals surface area contributed by atoms with E-state index in [1.54, 1.807) is 18.6 Å². The molecule has 8 nitrogen and oxygen atoms in total. The highest BCUT2D eigenvalue weighted by atomic mass is 16.6. The zero-order valence-electron chi connectivity index (χ0n) is 14.0. The van der Waals surface area contributed by atoms with Crippen LogP contribution < -0.4 is 25.4 Å². The Morgan fingerprint density at radius 2 is 2.04 bits per heavy atom. The molecule has 2 amide bonds. The molecule has 1 aliphatic rings. The fraction of sp³-hybridized carbons (Fsp3) is 0.353. The average molecular weight is 343 g/mol. The first-order chi connectivity index (χ1) is 12.2. The molecule has 25 heavy (non-hydrogen) atoms. The highest BCUT2D eigenvalue weighted by Crippen LogP contribution is 2.32. The van der Waals surface area contributed by atoms with E-state index in [9.17, 15) is 4.79 Å². The number of carbonyl (C=O) groups excluding carboxylic acids is 1. The lowest BCUT2D eigenvalue weighted by Crippen LogP contribution is -2.39. The van der Waals surface area contributed by atoms with Crippen LogP contribution in [0.1, 0.15) is 18.5 Å². The molecule has 1 aromatic heterocycles. The van der Waals surface area contributed by atoms with Gasteiger partial charge in [-0.15, -0.1) is 0 Å². The number of rotatable bonds is 6. The smallest absolute Gasteiger partial charge is 0.315 e. The second-order valence-corrected chi connectivity index (χ2v) is 5.54. The van der Waals surface area contributed by atoms with Gasteiger partial charge >= 0.3 is 6.03 Å². The van der Waals surface area contributed by atoms with E-state index in [4.69, 9.17) is 9.47 Å². The van der Waals surface area contributed by atoms with Crippen molar-refractivity contribution in [1.82, 2.24) is 20.6 Å². The number of hydrogen-bond acceptors (Lipinski definition) is 6. The Hall–Kier alpha value is -3.03. The fourth-order valence-electron chi connectivity index (χ4n) is 2.42. The van der Waals surface area contributed by atoms with Gasteiger partial charge in [-0.3, -0.25) is 4.98 Å². The quantitative estimate of drug-likeness (QED) is 0.691. The third-order valence-electron chi connectivity index (χ3n) is 3.69. The number of anilines is 1. The minimum absolute atomic E-state index is 0.149. The Morgan fingerprint density at radius 1 is 1.20 bits per heavy atom. The average Bonchev–Trinajstić information content (AvgIpc) is 2.65. The van der Waals surface area contributed by atoms with Crippen LogP contribution in [0.25, 0.3) is 0 Å². The van der Waals surface area contributed by atoms with Crippen molar-refractivity contribution < 1.29 is 14.3 Å². The molecule has 2 aromatic rings. The first-order valence-electron chi connectivity index (χ1n) is 8.16. The fourth-order valence-corrected chi connectivity index (χ4v) is 2.42. The van der Waals surface area contributed by atoms with E-state index in [1.807, 2.05) is 25.1 Å². The van der Waals surface area contributed by atoms with Crippen molar-refractivity contribution in [1.29, 1.82) is 0 Å². The number of nitrogens with one attached hydrogen (secondary N) is 3. The highest BCUT2D eigenvalue weighted by molar-refractivity contribution is 5.74. The van der Waals surface area contributed by atoms with Crippen LogP contribution >= 0.6 is 0 Å². The maximum absolute atomic E-state index is 12.0. The highest BCUT2D eigenvalue weighted by Gasteiger charge is 2.15. The van der Waals surface area contributed by atoms with Gasteiger partial charge in [-0.2, -0.15) is 0 Å². The molecule has 0 unspecified atom stereocenters. The van der Waals surface area contributed by atoms with Gasteiger partial charge in [0.2, 0.25) is 0 Å². The van der Waals surface area contributed by atoms with Crippen molar-refractivity contribution >= 4 is 11.8 Å². The second kappa shape index (κ2) is 8.18. The van der Waals surface area contributed by atoms with Crippen LogP contribution in [0.5, 0.6) is 11.5 Å². The molecule has 2 heterocycles. The standard InChI is InChI=1S/C17H21N5O3/c1-12(13-2-3-14-15(10-13)25-9-8-24-14)22-17(23)21-7-6-20-16-11-18-4-5-19-16/h2-5,10-12H,6-9H2,1H3,(H,19,20)(H2,21,22,23)/t12-/m0/s1. The molecule has 0 spiro atoms.